The summed E-state index contributed by atoms with van der Waals surface area (Å²) in [5.74, 6) is 1.24. The first kappa shape index (κ1) is 11.3. The molecule has 0 atom stereocenters. The molecule has 1 N–H and O–H groups in total. The molecule has 0 aromatic heterocycles. The van der Waals surface area contributed by atoms with Gasteiger partial charge in [0.2, 0.25) is 0 Å². The Hall–Kier alpha value is -0.180. The first-order valence-corrected chi connectivity index (χ1v) is 7.05. The lowest BCUT2D eigenvalue weighted by Gasteiger charge is -2.34. The van der Waals surface area contributed by atoms with Crippen LogP contribution in [0.1, 0.15) is 46.5 Å². The number of nitrogens with one attached hydrogen (secondary N) is 1. The fourth-order valence-electron chi connectivity index (χ4n) is 1.88. The van der Waals surface area contributed by atoms with Crippen LogP contribution in [0.3, 0.4) is 0 Å². The van der Waals surface area contributed by atoms with Gasteiger partial charge < -0.3 is 5.32 Å². The molecule has 0 spiro atoms. The summed E-state index contributed by atoms with van der Waals surface area (Å²) in [5.41, 5.74) is 0.852. The Labute approximate surface area is 97.3 Å². The Kier molecular flexibility index (Phi) is 3.02. The number of hydrogen-bond acceptors (Lipinski definition) is 3. The van der Waals surface area contributed by atoms with E-state index in [2.05, 4.69) is 26.1 Å². The van der Waals surface area contributed by atoms with Crippen molar-refractivity contribution in [2.45, 2.75) is 52.0 Å². The van der Waals surface area contributed by atoms with Gasteiger partial charge in [-0.25, -0.2) is 0 Å². The van der Waals surface area contributed by atoms with Gasteiger partial charge in [0.25, 0.3) is 0 Å². The van der Waals surface area contributed by atoms with Crippen LogP contribution in [0, 0.1) is 5.41 Å². The Balaban J connectivity index is 1.93. The fraction of sp³-hybridized carbons (Fsp3) is 0.917. The van der Waals surface area contributed by atoms with E-state index in [1.807, 2.05) is 11.8 Å². The van der Waals surface area contributed by atoms with Crippen molar-refractivity contribution >= 4 is 16.9 Å². The van der Waals surface area contributed by atoms with Crippen LogP contribution in [0.2, 0.25) is 0 Å². The highest BCUT2D eigenvalue weighted by Gasteiger charge is 2.39. The molecule has 0 amide bonds. The average Bonchev–Trinajstić information content (AvgIpc) is 2.98. The number of nitrogens with zero attached hydrogens (tertiary/aromatic N) is 1. The molecule has 0 aromatic carbocycles. The molecule has 0 unspecified atom stereocenters. The maximum absolute atomic E-state index is 4.72. The highest BCUT2D eigenvalue weighted by atomic mass is 32.2. The topological polar surface area (TPSA) is 24.4 Å². The number of aliphatic imine (C=N–C) groups is 1. The maximum atomic E-state index is 4.72. The molecule has 15 heavy (non-hydrogen) atoms. The molecule has 1 aliphatic carbocycles. The van der Waals surface area contributed by atoms with E-state index in [1.54, 1.807) is 0 Å². The van der Waals surface area contributed by atoms with E-state index in [4.69, 9.17) is 4.99 Å². The van der Waals surface area contributed by atoms with Crippen molar-refractivity contribution in [1.29, 1.82) is 0 Å². The molecule has 1 saturated carbocycles. The number of amidine groups is 1. The van der Waals surface area contributed by atoms with Crippen LogP contribution in [0.4, 0.5) is 0 Å². The van der Waals surface area contributed by atoms with Crippen LogP contribution < -0.4 is 5.32 Å². The first-order valence-electron chi connectivity index (χ1n) is 6.07. The van der Waals surface area contributed by atoms with Gasteiger partial charge in [-0.1, -0.05) is 25.6 Å². The summed E-state index contributed by atoms with van der Waals surface area (Å²) in [6, 6.07) is 0. The predicted molar refractivity (Wildman–Crippen MR) is 68.5 cm³/mol. The van der Waals surface area contributed by atoms with Gasteiger partial charge in [-0.15, -0.1) is 0 Å². The zero-order chi connectivity index (χ0) is 10.9. The third-order valence-electron chi connectivity index (χ3n) is 3.98. The van der Waals surface area contributed by atoms with Gasteiger partial charge in [-0.3, -0.25) is 4.99 Å². The van der Waals surface area contributed by atoms with Gasteiger partial charge in [-0.05, 0) is 38.0 Å². The van der Waals surface area contributed by atoms with E-state index in [-0.39, 0.29) is 0 Å². The van der Waals surface area contributed by atoms with E-state index in [1.165, 1.54) is 36.6 Å². The van der Waals surface area contributed by atoms with Crippen molar-refractivity contribution in [3.63, 3.8) is 0 Å². The van der Waals surface area contributed by atoms with Gasteiger partial charge in [0, 0.05) is 17.8 Å². The molecule has 1 heterocycles. The molecule has 86 valence electrons. The minimum absolute atomic E-state index is 0.379. The van der Waals surface area contributed by atoms with Gasteiger partial charge in [0.1, 0.15) is 0 Å². The number of hydrogen-bond donors (Lipinski definition) is 1. The van der Waals surface area contributed by atoms with E-state index >= 15 is 0 Å². The minimum atomic E-state index is 0.379. The maximum Gasteiger partial charge on any atom is 0.157 e. The summed E-state index contributed by atoms with van der Waals surface area (Å²) in [7, 11) is 0. The average molecular weight is 226 g/mol. The van der Waals surface area contributed by atoms with Gasteiger partial charge >= 0.3 is 0 Å². The van der Waals surface area contributed by atoms with E-state index < -0.39 is 0 Å². The van der Waals surface area contributed by atoms with Crippen LogP contribution in [-0.4, -0.2) is 23.0 Å². The zero-order valence-corrected chi connectivity index (χ0v) is 10.9. The van der Waals surface area contributed by atoms with Gasteiger partial charge in [0.05, 0.1) is 0 Å². The summed E-state index contributed by atoms with van der Waals surface area (Å²) in [5, 5.41) is 4.76. The molecule has 0 bridgehead atoms. The van der Waals surface area contributed by atoms with E-state index in [0.717, 1.165) is 6.54 Å². The van der Waals surface area contributed by atoms with Crippen molar-refractivity contribution in [3.8, 4) is 0 Å². The van der Waals surface area contributed by atoms with Crippen LogP contribution in [0.25, 0.3) is 0 Å². The summed E-state index contributed by atoms with van der Waals surface area (Å²) in [4.78, 5) is 4.72. The lowest BCUT2D eigenvalue weighted by Crippen LogP contribution is -2.38. The lowest BCUT2D eigenvalue weighted by molar-refractivity contribution is 0.318. The summed E-state index contributed by atoms with van der Waals surface area (Å²) >= 11 is 1.93. The Morgan fingerprint density at radius 2 is 2.00 bits per heavy atom. The van der Waals surface area contributed by atoms with Crippen LogP contribution in [0.15, 0.2) is 4.99 Å². The summed E-state index contributed by atoms with van der Waals surface area (Å²) in [6.45, 7) is 7.89. The molecular weight excluding hydrogens is 204 g/mol. The normalized spacial score (nSPS) is 27.0. The van der Waals surface area contributed by atoms with Crippen LogP contribution >= 0.6 is 11.8 Å². The molecule has 3 heteroatoms. The molecule has 1 fully saturated rings. The third kappa shape index (κ3) is 2.49. The highest BCUT2D eigenvalue weighted by Crippen LogP contribution is 2.38. The quantitative estimate of drug-likeness (QED) is 0.800. The van der Waals surface area contributed by atoms with E-state index in [0.29, 0.717) is 11.0 Å². The standard InChI is InChI=1S/C12H22N2S/c1-4-12(5-2)8-13-10(15-9-12)14-11(3)6-7-11/h4-9H2,1-3H3,(H,13,14). The van der Waals surface area contributed by atoms with Crippen LogP contribution in [0.5, 0.6) is 0 Å². The fourth-order valence-corrected chi connectivity index (χ4v) is 3.29. The van der Waals surface area contributed by atoms with Crippen LogP contribution in [-0.2, 0) is 0 Å². The lowest BCUT2D eigenvalue weighted by atomic mass is 9.84. The molecular formula is C12H22N2S. The molecule has 0 radical (unpaired) electrons. The second-order valence-corrected chi connectivity index (χ2v) is 6.27. The van der Waals surface area contributed by atoms with Crippen molar-refractivity contribution in [2.24, 2.45) is 10.4 Å². The van der Waals surface area contributed by atoms with Crippen molar-refractivity contribution in [2.75, 3.05) is 12.3 Å². The Bertz CT molecular complexity index is 265. The smallest absolute Gasteiger partial charge is 0.157 e. The largest absolute Gasteiger partial charge is 0.360 e. The first-order chi connectivity index (χ1) is 7.11. The summed E-state index contributed by atoms with van der Waals surface area (Å²) < 4.78 is 0. The van der Waals surface area contributed by atoms with E-state index in [9.17, 15) is 0 Å². The van der Waals surface area contributed by atoms with Gasteiger partial charge in [0.15, 0.2) is 5.17 Å². The molecule has 0 saturated heterocycles. The Morgan fingerprint density at radius 1 is 1.33 bits per heavy atom. The molecule has 2 nitrogen and oxygen atoms in total. The molecule has 1 aliphatic heterocycles. The zero-order valence-electron chi connectivity index (χ0n) is 10.1. The summed E-state index contributed by atoms with van der Waals surface area (Å²) in [6.07, 6.45) is 5.12. The SMILES string of the molecule is CCC1(CC)CN=C(NC2(C)CC2)SC1. The second kappa shape index (κ2) is 4.00. The van der Waals surface area contributed by atoms with Gasteiger partial charge in [-0.2, -0.15) is 0 Å². The Morgan fingerprint density at radius 3 is 2.40 bits per heavy atom. The molecule has 2 rings (SSSR count). The van der Waals surface area contributed by atoms with Crippen molar-refractivity contribution < 1.29 is 0 Å². The minimum Gasteiger partial charge on any atom is -0.360 e. The molecule has 0 aromatic rings. The monoisotopic (exact) mass is 226 g/mol. The predicted octanol–water partition coefficient (Wildman–Crippen LogP) is 3.04. The van der Waals surface area contributed by atoms with Crippen molar-refractivity contribution in [3.05, 3.63) is 0 Å². The highest BCUT2D eigenvalue weighted by molar-refractivity contribution is 8.13. The van der Waals surface area contributed by atoms with Crippen molar-refractivity contribution in [1.82, 2.24) is 5.32 Å². The third-order valence-corrected chi connectivity index (χ3v) is 5.24. The molecule has 2 aliphatic rings. The number of thioether (sulfide) groups is 1. The second-order valence-electron chi connectivity index (χ2n) is 5.30. The number of rotatable bonds is 3.